The zero-order chi connectivity index (χ0) is 12.3. The van der Waals surface area contributed by atoms with Crippen LogP contribution < -0.4 is 16.8 Å². The summed E-state index contributed by atoms with van der Waals surface area (Å²) >= 11 is 3.20. The fourth-order valence-corrected chi connectivity index (χ4v) is 1.30. The molecule has 0 saturated heterocycles. The highest BCUT2D eigenvalue weighted by Gasteiger charge is 2.24. The fourth-order valence-electron chi connectivity index (χ4n) is 0.901. The Morgan fingerprint density at radius 3 is 2.69 bits per heavy atom. The van der Waals surface area contributed by atoms with E-state index in [1.54, 1.807) is 19.9 Å². The van der Waals surface area contributed by atoms with E-state index in [4.69, 9.17) is 11.5 Å². The first-order valence-electron chi connectivity index (χ1n) is 4.65. The molecule has 88 valence electrons. The molecule has 16 heavy (non-hydrogen) atoms. The van der Waals surface area contributed by atoms with Crippen molar-refractivity contribution in [3.05, 3.63) is 10.7 Å². The Bertz CT molecular complexity index is 387. The molecule has 0 saturated carbocycles. The van der Waals surface area contributed by atoms with Gasteiger partial charge in [-0.1, -0.05) is 0 Å². The normalized spacial score (nSPS) is 11.2. The third-order valence-corrected chi connectivity index (χ3v) is 2.48. The maximum absolute atomic E-state index is 11.1. The van der Waals surface area contributed by atoms with Crippen molar-refractivity contribution in [3.8, 4) is 0 Å². The summed E-state index contributed by atoms with van der Waals surface area (Å²) in [6.45, 7) is 3.82. The first-order chi connectivity index (χ1) is 7.31. The van der Waals surface area contributed by atoms with Crippen LogP contribution in [0.1, 0.15) is 13.8 Å². The number of carbonyl (C=O) groups excluding carboxylic acids is 1. The van der Waals surface area contributed by atoms with Crippen molar-refractivity contribution in [2.45, 2.75) is 13.8 Å². The topological polar surface area (TPSA) is 107 Å². The Labute approximate surface area is 102 Å². The largest absolute Gasteiger partial charge is 0.383 e. The number of carbonyl (C=O) groups is 1. The molecule has 0 unspecified atom stereocenters. The van der Waals surface area contributed by atoms with E-state index in [-0.39, 0.29) is 5.91 Å². The van der Waals surface area contributed by atoms with E-state index >= 15 is 0 Å². The van der Waals surface area contributed by atoms with Gasteiger partial charge >= 0.3 is 0 Å². The number of amides is 1. The molecule has 1 rings (SSSR count). The monoisotopic (exact) mass is 287 g/mol. The quantitative estimate of drug-likeness (QED) is 0.708. The Balaban J connectivity index is 2.71. The molecule has 0 fully saturated rings. The lowest BCUT2D eigenvalue weighted by molar-refractivity contribution is -0.125. The molecule has 0 radical (unpaired) electrons. The molecule has 6 nitrogen and oxygen atoms in total. The van der Waals surface area contributed by atoms with Crippen LogP contribution in [0.25, 0.3) is 0 Å². The van der Waals surface area contributed by atoms with Crippen molar-refractivity contribution in [3.63, 3.8) is 0 Å². The maximum atomic E-state index is 11.1. The van der Waals surface area contributed by atoms with Gasteiger partial charge in [-0.25, -0.2) is 4.98 Å². The van der Waals surface area contributed by atoms with Crippen LogP contribution in [0.4, 0.5) is 11.8 Å². The molecule has 1 amide bonds. The molecule has 0 aliphatic rings. The van der Waals surface area contributed by atoms with E-state index in [9.17, 15) is 4.79 Å². The smallest absolute Gasteiger partial charge is 0.225 e. The summed E-state index contributed by atoms with van der Waals surface area (Å²) in [5, 5.41) is 2.91. The summed E-state index contributed by atoms with van der Waals surface area (Å²) in [5.74, 6) is 0.324. The zero-order valence-electron chi connectivity index (χ0n) is 9.12. The van der Waals surface area contributed by atoms with Gasteiger partial charge in [-0.05, 0) is 29.8 Å². The molecule has 0 spiro atoms. The van der Waals surface area contributed by atoms with Gasteiger partial charge < -0.3 is 16.8 Å². The van der Waals surface area contributed by atoms with Gasteiger partial charge in [0, 0.05) is 12.6 Å². The maximum Gasteiger partial charge on any atom is 0.225 e. The average molecular weight is 288 g/mol. The average Bonchev–Trinajstić information content (AvgIpc) is 2.13. The van der Waals surface area contributed by atoms with Gasteiger partial charge in [0.25, 0.3) is 0 Å². The Hall–Kier alpha value is -1.37. The fraction of sp³-hybridized carbons (Fsp3) is 0.444. The number of nitrogens with two attached hydrogens (primary N) is 2. The van der Waals surface area contributed by atoms with Crippen molar-refractivity contribution >= 4 is 33.6 Å². The van der Waals surface area contributed by atoms with Crippen LogP contribution in [0.15, 0.2) is 10.7 Å². The van der Waals surface area contributed by atoms with E-state index in [1.165, 1.54) is 0 Å². The molecule has 5 N–H and O–H groups in total. The van der Waals surface area contributed by atoms with Crippen LogP contribution in [0.2, 0.25) is 0 Å². The summed E-state index contributed by atoms with van der Waals surface area (Å²) < 4.78 is 0.583. The first kappa shape index (κ1) is 12.7. The van der Waals surface area contributed by atoms with Crippen LogP contribution in [-0.2, 0) is 4.79 Å². The second-order valence-electron chi connectivity index (χ2n) is 4.04. The molecule has 1 aromatic heterocycles. The van der Waals surface area contributed by atoms with Gasteiger partial charge in [0.2, 0.25) is 11.9 Å². The molecular weight excluding hydrogens is 274 g/mol. The standard InChI is InChI=1S/C9H14BrN5O/c1-9(2,7(12)16)4-13-8-14-5(10)3-6(11)15-8/h3H,4H2,1-2H3,(H2,12,16)(H3,11,13,14,15). The number of rotatable bonds is 4. The van der Waals surface area contributed by atoms with Gasteiger partial charge in [-0.15, -0.1) is 0 Å². The van der Waals surface area contributed by atoms with Crippen molar-refractivity contribution < 1.29 is 4.79 Å². The van der Waals surface area contributed by atoms with Crippen LogP contribution in [-0.4, -0.2) is 22.4 Å². The van der Waals surface area contributed by atoms with E-state index < -0.39 is 5.41 Å². The number of aromatic nitrogens is 2. The lowest BCUT2D eigenvalue weighted by atomic mass is 9.93. The lowest BCUT2D eigenvalue weighted by Crippen LogP contribution is -2.37. The van der Waals surface area contributed by atoms with Crippen LogP contribution in [0, 0.1) is 5.41 Å². The summed E-state index contributed by atoms with van der Waals surface area (Å²) in [7, 11) is 0. The summed E-state index contributed by atoms with van der Waals surface area (Å²) in [4.78, 5) is 19.1. The van der Waals surface area contributed by atoms with Crippen LogP contribution >= 0.6 is 15.9 Å². The van der Waals surface area contributed by atoms with Gasteiger partial charge in [-0.2, -0.15) is 4.98 Å². The predicted octanol–water partition coefficient (Wildman–Crippen LogP) is 0.745. The number of hydrogen-bond acceptors (Lipinski definition) is 5. The minimum atomic E-state index is -0.666. The predicted molar refractivity (Wildman–Crippen MR) is 65.6 cm³/mol. The van der Waals surface area contributed by atoms with Crippen LogP contribution in [0.5, 0.6) is 0 Å². The van der Waals surface area contributed by atoms with E-state index in [1.807, 2.05) is 0 Å². The van der Waals surface area contributed by atoms with Crippen molar-refractivity contribution in [2.24, 2.45) is 11.1 Å². The summed E-state index contributed by atoms with van der Waals surface area (Å²) in [6, 6.07) is 1.59. The van der Waals surface area contributed by atoms with Crippen LogP contribution in [0.3, 0.4) is 0 Å². The Kier molecular flexibility index (Phi) is 3.69. The number of nitrogens with one attached hydrogen (secondary N) is 1. The first-order valence-corrected chi connectivity index (χ1v) is 5.44. The minimum Gasteiger partial charge on any atom is -0.383 e. The molecule has 0 bridgehead atoms. The minimum absolute atomic E-state index is 0.345. The van der Waals surface area contributed by atoms with E-state index in [0.29, 0.717) is 22.9 Å². The third-order valence-electron chi connectivity index (χ3n) is 2.07. The zero-order valence-corrected chi connectivity index (χ0v) is 10.7. The molecular formula is C9H14BrN5O. The number of anilines is 2. The number of nitrogen functional groups attached to an aromatic ring is 1. The number of primary amides is 1. The third kappa shape index (κ3) is 3.34. The summed E-state index contributed by atoms with van der Waals surface area (Å²) in [6.07, 6.45) is 0. The number of hydrogen-bond donors (Lipinski definition) is 3. The van der Waals surface area contributed by atoms with Gasteiger partial charge in [-0.3, -0.25) is 4.79 Å². The molecule has 1 heterocycles. The molecule has 1 aromatic rings. The SMILES string of the molecule is CC(C)(CNc1nc(N)cc(Br)n1)C(N)=O. The molecule has 7 heteroatoms. The number of nitrogens with zero attached hydrogens (tertiary/aromatic N) is 2. The lowest BCUT2D eigenvalue weighted by Gasteiger charge is -2.20. The van der Waals surface area contributed by atoms with Crippen molar-refractivity contribution in [1.29, 1.82) is 0 Å². The highest BCUT2D eigenvalue weighted by Crippen LogP contribution is 2.16. The van der Waals surface area contributed by atoms with Gasteiger partial charge in [0.1, 0.15) is 10.4 Å². The Morgan fingerprint density at radius 1 is 1.56 bits per heavy atom. The van der Waals surface area contributed by atoms with Crippen molar-refractivity contribution in [2.75, 3.05) is 17.6 Å². The molecule has 0 aliphatic carbocycles. The van der Waals surface area contributed by atoms with Gasteiger partial charge in [0.15, 0.2) is 0 Å². The van der Waals surface area contributed by atoms with Gasteiger partial charge in [0.05, 0.1) is 5.41 Å². The highest BCUT2D eigenvalue weighted by atomic mass is 79.9. The Morgan fingerprint density at radius 2 is 2.19 bits per heavy atom. The van der Waals surface area contributed by atoms with Crippen molar-refractivity contribution in [1.82, 2.24) is 9.97 Å². The second kappa shape index (κ2) is 4.65. The number of halogens is 1. The molecule has 0 atom stereocenters. The molecule has 0 aliphatic heterocycles. The summed E-state index contributed by atoms with van der Waals surface area (Å²) in [5.41, 5.74) is 10.1. The highest BCUT2D eigenvalue weighted by molar-refractivity contribution is 9.10. The van der Waals surface area contributed by atoms with E-state index in [2.05, 4.69) is 31.2 Å². The van der Waals surface area contributed by atoms with E-state index in [0.717, 1.165) is 0 Å². The second-order valence-corrected chi connectivity index (χ2v) is 4.85. The molecule has 0 aromatic carbocycles.